The third-order valence-electron chi connectivity index (χ3n) is 3.67. The molecule has 5 nitrogen and oxygen atoms in total. The molecule has 1 heterocycles. The van der Waals surface area contributed by atoms with E-state index >= 15 is 0 Å². The summed E-state index contributed by atoms with van der Waals surface area (Å²) in [4.78, 5) is 17.9. The van der Waals surface area contributed by atoms with Crippen LogP contribution in [0.1, 0.15) is 12.0 Å². The highest BCUT2D eigenvalue weighted by Gasteiger charge is 2.08. The molecule has 2 rings (SSSR count). The second-order valence-corrected chi connectivity index (χ2v) is 5.33. The number of benzene rings is 1. The first kappa shape index (κ1) is 16.8. The predicted octanol–water partition coefficient (Wildman–Crippen LogP) is 2.59. The predicted molar refractivity (Wildman–Crippen MR) is 91.7 cm³/mol. The summed E-state index contributed by atoms with van der Waals surface area (Å²) in [5, 5.41) is 3.24. The Morgan fingerprint density at radius 1 is 1.17 bits per heavy atom. The van der Waals surface area contributed by atoms with Crippen molar-refractivity contribution in [3.63, 3.8) is 0 Å². The second kappa shape index (κ2) is 8.78. The van der Waals surface area contributed by atoms with E-state index in [-0.39, 0.29) is 5.91 Å². The topological polar surface area (TPSA) is 54.5 Å². The van der Waals surface area contributed by atoms with Crippen molar-refractivity contribution in [3.8, 4) is 5.75 Å². The van der Waals surface area contributed by atoms with Crippen LogP contribution in [-0.4, -0.2) is 43.0 Å². The maximum atomic E-state index is 12.1. The summed E-state index contributed by atoms with van der Waals surface area (Å²) < 4.78 is 5.11. The highest BCUT2D eigenvalue weighted by Crippen LogP contribution is 2.14. The van der Waals surface area contributed by atoms with Gasteiger partial charge in [-0.2, -0.15) is 0 Å². The van der Waals surface area contributed by atoms with E-state index in [1.165, 1.54) is 5.56 Å². The van der Waals surface area contributed by atoms with E-state index in [1.807, 2.05) is 43.4 Å². The van der Waals surface area contributed by atoms with Crippen LogP contribution in [0.25, 0.3) is 0 Å². The first-order valence-corrected chi connectivity index (χ1v) is 7.70. The normalized spacial score (nSPS) is 10.2. The number of methoxy groups -OCH3 is 1. The van der Waals surface area contributed by atoms with Crippen LogP contribution < -0.4 is 10.1 Å². The smallest absolute Gasteiger partial charge is 0.224 e. The fraction of sp³-hybridized carbons (Fsp3) is 0.333. The third kappa shape index (κ3) is 5.62. The average molecular weight is 313 g/mol. The van der Waals surface area contributed by atoms with E-state index in [4.69, 9.17) is 4.74 Å². The lowest BCUT2D eigenvalue weighted by molar-refractivity contribution is -0.129. The molecule has 2 aromatic rings. The van der Waals surface area contributed by atoms with Crippen LogP contribution in [0, 0.1) is 0 Å². The molecule has 0 radical (unpaired) electrons. The number of anilines is 1. The molecule has 0 fully saturated rings. The Balaban J connectivity index is 1.69. The van der Waals surface area contributed by atoms with E-state index in [0.29, 0.717) is 19.5 Å². The van der Waals surface area contributed by atoms with Crippen LogP contribution in [0.2, 0.25) is 0 Å². The lowest BCUT2D eigenvalue weighted by Gasteiger charge is -2.17. The molecule has 0 aliphatic rings. The summed E-state index contributed by atoms with van der Waals surface area (Å²) >= 11 is 0. The van der Waals surface area contributed by atoms with Crippen LogP contribution in [-0.2, 0) is 11.2 Å². The lowest BCUT2D eigenvalue weighted by Crippen LogP contribution is -2.30. The maximum Gasteiger partial charge on any atom is 0.224 e. The lowest BCUT2D eigenvalue weighted by atomic mass is 10.2. The second-order valence-electron chi connectivity index (χ2n) is 5.33. The zero-order chi connectivity index (χ0) is 16.5. The summed E-state index contributed by atoms with van der Waals surface area (Å²) in [7, 11) is 3.49. The summed E-state index contributed by atoms with van der Waals surface area (Å²) in [6, 6.07) is 11.6. The van der Waals surface area contributed by atoms with E-state index < -0.39 is 0 Å². The van der Waals surface area contributed by atoms with E-state index in [1.54, 1.807) is 24.4 Å². The number of likely N-dealkylation sites (N-methyl/N-ethyl adjacent to an activating group) is 1. The number of nitrogens with one attached hydrogen (secondary N) is 1. The molecular weight excluding hydrogens is 290 g/mol. The molecule has 0 saturated carbocycles. The Bertz CT molecular complexity index is 599. The fourth-order valence-electron chi connectivity index (χ4n) is 2.18. The van der Waals surface area contributed by atoms with Crippen LogP contribution in [0.5, 0.6) is 5.75 Å². The first-order valence-electron chi connectivity index (χ1n) is 7.70. The van der Waals surface area contributed by atoms with Gasteiger partial charge in [-0.3, -0.25) is 9.78 Å². The number of rotatable bonds is 8. The van der Waals surface area contributed by atoms with Crippen molar-refractivity contribution in [3.05, 3.63) is 54.4 Å². The number of amides is 1. The molecule has 0 spiro atoms. The Labute approximate surface area is 137 Å². The van der Waals surface area contributed by atoms with Crippen LogP contribution in [0.15, 0.2) is 48.8 Å². The summed E-state index contributed by atoms with van der Waals surface area (Å²) in [5.41, 5.74) is 2.18. The molecule has 1 amide bonds. The quantitative estimate of drug-likeness (QED) is 0.814. The van der Waals surface area contributed by atoms with Crippen LogP contribution in [0.3, 0.4) is 0 Å². The van der Waals surface area contributed by atoms with Gasteiger partial charge in [0.25, 0.3) is 0 Å². The fourth-order valence-corrected chi connectivity index (χ4v) is 2.18. The molecule has 0 atom stereocenters. The molecule has 0 aliphatic heterocycles. The number of hydrogen-bond donors (Lipinski definition) is 1. The van der Waals surface area contributed by atoms with Gasteiger partial charge in [0.1, 0.15) is 5.75 Å². The number of hydrogen-bond acceptors (Lipinski definition) is 4. The van der Waals surface area contributed by atoms with E-state index in [0.717, 1.165) is 17.9 Å². The van der Waals surface area contributed by atoms with Crippen molar-refractivity contribution in [2.75, 3.05) is 32.6 Å². The molecule has 1 aromatic carbocycles. The summed E-state index contributed by atoms with van der Waals surface area (Å²) in [6.07, 6.45) is 4.86. The molecule has 1 aromatic heterocycles. The maximum absolute atomic E-state index is 12.1. The molecule has 1 N–H and O–H groups in total. The highest BCUT2D eigenvalue weighted by atomic mass is 16.5. The van der Waals surface area contributed by atoms with Gasteiger partial charge in [0.05, 0.1) is 7.11 Å². The molecule has 0 bridgehead atoms. The number of nitrogens with zero attached hydrogens (tertiary/aromatic N) is 2. The van der Waals surface area contributed by atoms with Gasteiger partial charge in [0, 0.05) is 44.6 Å². The van der Waals surface area contributed by atoms with Crippen molar-refractivity contribution in [1.82, 2.24) is 9.88 Å². The number of aromatic nitrogens is 1. The van der Waals surface area contributed by atoms with Gasteiger partial charge < -0.3 is 15.0 Å². The van der Waals surface area contributed by atoms with E-state index in [9.17, 15) is 4.79 Å². The molecule has 5 heteroatoms. The van der Waals surface area contributed by atoms with Crippen LogP contribution >= 0.6 is 0 Å². The van der Waals surface area contributed by atoms with Crippen molar-refractivity contribution in [2.45, 2.75) is 12.8 Å². The third-order valence-corrected chi connectivity index (χ3v) is 3.67. The van der Waals surface area contributed by atoms with Gasteiger partial charge in [-0.25, -0.2) is 0 Å². The Hall–Kier alpha value is -2.56. The minimum atomic E-state index is 0.139. The molecule has 23 heavy (non-hydrogen) atoms. The molecule has 0 saturated heterocycles. The van der Waals surface area contributed by atoms with Crippen LogP contribution in [0.4, 0.5) is 5.69 Å². The summed E-state index contributed by atoms with van der Waals surface area (Å²) in [5.74, 6) is 0.961. The van der Waals surface area contributed by atoms with E-state index in [2.05, 4.69) is 10.3 Å². The standard InChI is InChI=1S/C18H23N3O2/c1-21(14-10-15-7-11-19-12-8-15)18(22)9-13-20-16-3-5-17(23-2)6-4-16/h3-8,11-12,20H,9-10,13-14H2,1-2H3. The largest absolute Gasteiger partial charge is 0.497 e. The molecular formula is C18H23N3O2. The van der Waals surface area contributed by atoms with Gasteiger partial charge in [-0.15, -0.1) is 0 Å². The monoisotopic (exact) mass is 313 g/mol. The summed E-state index contributed by atoms with van der Waals surface area (Å²) in [6.45, 7) is 1.33. The van der Waals surface area contributed by atoms with Gasteiger partial charge >= 0.3 is 0 Å². The Kier molecular flexibility index (Phi) is 6.41. The molecule has 0 aliphatic carbocycles. The Morgan fingerprint density at radius 3 is 2.52 bits per heavy atom. The van der Waals surface area contributed by atoms with Crippen molar-refractivity contribution in [2.24, 2.45) is 0 Å². The highest BCUT2D eigenvalue weighted by molar-refractivity contribution is 5.76. The van der Waals surface area contributed by atoms with Crippen molar-refractivity contribution < 1.29 is 9.53 Å². The SMILES string of the molecule is COc1ccc(NCCC(=O)N(C)CCc2ccncc2)cc1. The Morgan fingerprint density at radius 2 is 1.87 bits per heavy atom. The van der Waals surface area contributed by atoms with Crippen molar-refractivity contribution in [1.29, 1.82) is 0 Å². The minimum absolute atomic E-state index is 0.139. The van der Waals surface area contributed by atoms with Gasteiger partial charge in [0.15, 0.2) is 0 Å². The zero-order valence-electron chi connectivity index (χ0n) is 13.7. The number of pyridine rings is 1. The van der Waals surface area contributed by atoms with Gasteiger partial charge in [-0.1, -0.05) is 0 Å². The first-order chi connectivity index (χ1) is 11.2. The molecule has 122 valence electrons. The van der Waals surface area contributed by atoms with Crippen molar-refractivity contribution >= 4 is 11.6 Å². The number of carbonyl (C=O) groups is 1. The average Bonchev–Trinajstić information content (AvgIpc) is 2.61. The number of ether oxygens (including phenoxy) is 1. The number of carbonyl (C=O) groups excluding carboxylic acids is 1. The zero-order valence-corrected chi connectivity index (χ0v) is 13.7. The minimum Gasteiger partial charge on any atom is -0.497 e. The van der Waals surface area contributed by atoms with Gasteiger partial charge in [0.2, 0.25) is 5.91 Å². The molecule has 0 unspecified atom stereocenters. The van der Waals surface area contributed by atoms with Gasteiger partial charge in [-0.05, 0) is 48.4 Å².